The van der Waals surface area contributed by atoms with E-state index in [0.717, 1.165) is 18.4 Å². The molecule has 1 aromatic rings. The van der Waals surface area contributed by atoms with Gasteiger partial charge in [0.05, 0.1) is 4.92 Å². The van der Waals surface area contributed by atoms with Crippen LogP contribution in [-0.4, -0.2) is 11.5 Å². The first-order valence-electron chi connectivity index (χ1n) is 4.28. The highest BCUT2D eigenvalue weighted by atomic mass is 35.5. The molecule has 0 fully saturated rings. The van der Waals surface area contributed by atoms with Crippen LogP contribution in [0, 0.1) is 10.1 Å². The molecule has 4 nitrogen and oxygen atoms in total. The SMILES string of the molecule is NCCCc1ccc(Cl)c([N+](=O)[O-])c1. The summed E-state index contributed by atoms with van der Waals surface area (Å²) in [7, 11) is 0. The smallest absolute Gasteiger partial charge is 0.288 e. The minimum absolute atomic E-state index is 0.0406. The van der Waals surface area contributed by atoms with Crippen molar-refractivity contribution in [3.63, 3.8) is 0 Å². The quantitative estimate of drug-likeness (QED) is 0.617. The van der Waals surface area contributed by atoms with Crippen molar-refractivity contribution in [2.24, 2.45) is 5.73 Å². The zero-order chi connectivity index (χ0) is 10.6. The highest BCUT2D eigenvalue weighted by molar-refractivity contribution is 6.32. The summed E-state index contributed by atoms with van der Waals surface area (Å²) in [6.45, 7) is 0.580. The van der Waals surface area contributed by atoms with Crippen molar-refractivity contribution < 1.29 is 4.92 Å². The van der Waals surface area contributed by atoms with Crippen molar-refractivity contribution in [2.45, 2.75) is 12.8 Å². The van der Waals surface area contributed by atoms with Crippen LogP contribution in [0.15, 0.2) is 18.2 Å². The van der Waals surface area contributed by atoms with E-state index in [9.17, 15) is 10.1 Å². The molecule has 14 heavy (non-hydrogen) atoms. The van der Waals surface area contributed by atoms with Crippen molar-refractivity contribution in [3.8, 4) is 0 Å². The Morgan fingerprint density at radius 3 is 2.79 bits per heavy atom. The number of nitrogens with zero attached hydrogens (tertiary/aromatic N) is 1. The molecule has 1 rings (SSSR count). The Kier molecular flexibility index (Phi) is 3.85. The maximum absolute atomic E-state index is 10.5. The second-order valence-electron chi connectivity index (χ2n) is 2.94. The molecule has 0 radical (unpaired) electrons. The number of halogens is 1. The standard InChI is InChI=1S/C9H11ClN2O2/c10-8-4-3-7(2-1-5-11)6-9(8)12(13)14/h3-4,6H,1-2,5,11H2. The van der Waals surface area contributed by atoms with Gasteiger partial charge in [0.2, 0.25) is 0 Å². The Bertz CT molecular complexity index is 342. The molecule has 0 atom stereocenters. The van der Waals surface area contributed by atoms with E-state index in [2.05, 4.69) is 0 Å². The van der Waals surface area contributed by atoms with Gasteiger partial charge in [-0.1, -0.05) is 17.7 Å². The Morgan fingerprint density at radius 1 is 1.50 bits per heavy atom. The van der Waals surface area contributed by atoms with Gasteiger partial charge in [-0.05, 0) is 31.0 Å². The van der Waals surface area contributed by atoms with Gasteiger partial charge in [-0.3, -0.25) is 10.1 Å². The summed E-state index contributed by atoms with van der Waals surface area (Å²) in [5.74, 6) is 0. The third-order valence-corrected chi connectivity index (χ3v) is 2.20. The Hall–Kier alpha value is -1.13. The predicted molar refractivity (Wildman–Crippen MR) is 55.5 cm³/mol. The van der Waals surface area contributed by atoms with E-state index in [-0.39, 0.29) is 10.7 Å². The first kappa shape index (κ1) is 10.9. The largest absolute Gasteiger partial charge is 0.330 e. The molecule has 0 heterocycles. The highest BCUT2D eigenvalue weighted by Crippen LogP contribution is 2.25. The molecule has 5 heteroatoms. The van der Waals surface area contributed by atoms with E-state index in [0.29, 0.717) is 6.54 Å². The molecule has 0 unspecified atom stereocenters. The molecule has 0 aromatic heterocycles. The van der Waals surface area contributed by atoms with Crippen molar-refractivity contribution in [3.05, 3.63) is 38.9 Å². The van der Waals surface area contributed by atoms with E-state index in [4.69, 9.17) is 17.3 Å². The second-order valence-corrected chi connectivity index (χ2v) is 3.34. The third kappa shape index (κ3) is 2.68. The molecule has 0 saturated carbocycles. The van der Waals surface area contributed by atoms with Crippen LogP contribution in [0.4, 0.5) is 5.69 Å². The van der Waals surface area contributed by atoms with Crippen LogP contribution >= 0.6 is 11.6 Å². The lowest BCUT2D eigenvalue weighted by Gasteiger charge is -2.00. The van der Waals surface area contributed by atoms with Gasteiger partial charge in [-0.25, -0.2) is 0 Å². The maximum atomic E-state index is 10.5. The maximum Gasteiger partial charge on any atom is 0.288 e. The van der Waals surface area contributed by atoms with Crippen molar-refractivity contribution in [1.29, 1.82) is 0 Å². The lowest BCUT2D eigenvalue weighted by atomic mass is 10.1. The van der Waals surface area contributed by atoms with Crippen molar-refractivity contribution in [1.82, 2.24) is 0 Å². The number of aryl methyl sites for hydroxylation is 1. The summed E-state index contributed by atoms with van der Waals surface area (Å²) in [4.78, 5) is 10.1. The third-order valence-electron chi connectivity index (χ3n) is 1.88. The lowest BCUT2D eigenvalue weighted by molar-refractivity contribution is -0.384. The predicted octanol–water partition coefficient (Wildman–Crippen LogP) is 2.14. The summed E-state index contributed by atoms with van der Waals surface area (Å²) in [6.07, 6.45) is 1.56. The number of benzene rings is 1. The number of nitrogens with two attached hydrogens (primary N) is 1. The molecular formula is C9H11ClN2O2. The normalized spacial score (nSPS) is 10.1. The number of rotatable bonds is 4. The summed E-state index contributed by atoms with van der Waals surface area (Å²) >= 11 is 5.66. The zero-order valence-corrected chi connectivity index (χ0v) is 8.33. The molecule has 1 aromatic carbocycles. The molecule has 76 valence electrons. The highest BCUT2D eigenvalue weighted by Gasteiger charge is 2.11. The van der Waals surface area contributed by atoms with Crippen LogP contribution < -0.4 is 5.73 Å². The molecule has 0 aliphatic carbocycles. The average molecular weight is 215 g/mol. The number of nitro groups is 1. The zero-order valence-electron chi connectivity index (χ0n) is 7.57. The first-order chi connectivity index (χ1) is 6.65. The summed E-state index contributed by atoms with van der Waals surface area (Å²) in [6, 6.07) is 4.83. The Labute approximate surface area is 86.8 Å². The van der Waals surface area contributed by atoms with Crippen LogP contribution in [-0.2, 0) is 6.42 Å². The van der Waals surface area contributed by atoms with E-state index >= 15 is 0 Å². The molecule has 0 bridgehead atoms. The van der Waals surface area contributed by atoms with Crippen molar-refractivity contribution in [2.75, 3.05) is 6.54 Å². The van der Waals surface area contributed by atoms with Gasteiger partial charge < -0.3 is 5.73 Å². The summed E-state index contributed by atoms with van der Waals surface area (Å²) < 4.78 is 0. The molecule has 0 aliphatic heterocycles. The summed E-state index contributed by atoms with van der Waals surface area (Å²) in [5.41, 5.74) is 6.20. The fourth-order valence-electron chi connectivity index (χ4n) is 1.16. The second kappa shape index (κ2) is 4.93. The molecule has 0 saturated heterocycles. The van der Waals surface area contributed by atoms with Gasteiger partial charge in [0, 0.05) is 6.07 Å². The summed E-state index contributed by atoms with van der Waals surface area (Å²) in [5, 5.41) is 10.7. The molecule has 0 aliphatic rings. The number of hydrogen-bond acceptors (Lipinski definition) is 3. The number of hydrogen-bond donors (Lipinski definition) is 1. The monoisotopic (exact) mass is 214 g/mol. The van der Waals surface area contributed by atoms with Crippen LogP contribution in [0.2, 0.25) is 5.02 Å². The van der Waals surface area contributed by atoms with E-state index < -0.39 is 4.92 Å². The first-order valence-corrected chi connectivity index (χ1v) is 4.66. The molecular weight excluding hydrogens is 204 g/mol. The minimum atomic E-state index is -0.478. The van der Waals surface area contributed by atoms with E-state index in [1.54, 1.807) is 12.1 Å². The molecule has 0 amide bonds. The van der Waals surface area contributed by atoms with Gasteiger partial charge in [0.1, 0.15) is 5.02 Å². The van der Waals surface area contributed by atoms with E-state index in [1.165, 1.54) is 6.07 Å². The van der Waals surface area contributed by atoms with Crippen LogP contribution in [0.1, 0.15) is 12.0 Å². The number of nitro benzene ring substituents is 1. The van der Waals surface area contributed by atoms with Gasteiger partial charge >= 0.3 is 0 Å². The fourth-order valence-corrected chi connectivity index (χ4v) is 1.35. The van der Waals surface area contributed by atoms with Crippen molar-refractivity contribution >= 4 is 17.3 Å². The van der Waals surface area contributed by atoms with Crippen LogP contribution in [0.25, 0.3) is 0 Å². The lowest BCUT2D eigenvalue weighted by Crippen LogP contribution is -2.00. The minimum Gasteiger partial charge on any atom is -0.330 e. The van der Waals surface area contributed by atoms with Gasteiger partial charge in [-0.15, -0.1) is 0 Å². The van der Waals surface area contributed by atoms with Crippen LogP contribution in [0.3, 0.4) is 0 Å². The Balaban J connectivity index is 2.89. The topological polar surface area (TPSA) is 69.2 Å². The molecule has 0 spiro atoms. The fraction of sp³-hybridized carbons (Fsp3) is 0.333. The van der Waals surface area contributed by atoms with Gasteiger partial charge in [0.15, 0.2) is 0 Å². The van der Waals surface area contributed by atoms with Crippen LogP contribution in [0.5, 0.6) is 0 Å². The average Bonchev–Trinajstić information content (AvgIpc) is 2.16. The van der Waals surface area contributed by atoms with Gasteiger partial charge in [0.25, 0.3) is 5.69 Å². The van der Waals surface area contributed by atoms with Gasteiger partial charge in [-0.2, -0.15) is 0 Å². The van der Waals surface area contributed by atoms with E-state index in [1.807, 2.05) is 0 Å². The molecule has 2 N–H and O–H groups in total. The Morgan fingerprint density at radius 2 is 2.21 bits per heavy atom.